The van der Waals surface area contributed by atoms with Crippen molar-refractivity contribution in [3.63, 3.8) is 0 Å². The van der Waals surface area contributed by atoms with Gasteiger partial charge < -0.3 is 10.1 Å². The van der Waals surface area contributed by atoms with Crippen molar-refractivity contribution < 1.29 is 9.53 Å². The highest BCUT2D eigenvalue weighted by molar-refractivity contribution is 5.71. The molecule has 7 nitrogen and oxygen atoms in total. The molecule has 0 saturated carbocycles. The second-order valence-corrected chi connectivity index (χ2v) is 5.83. The van der Waals surface area contributed by atoms with Crippen LogP contribution in [0.5, 0.6) is 0 Å². The molecule has 1 aliphatic rings. The third kappa shape index (κ3) is 3.26. The first kappa shape index (κ1) is 15.8. The van der Waals surface area contributed by atoms with Crippen LogP contribution in [0.1, 0.15) is 34.7 Å². The number of aromatic nitrogens is 4. The van der Waals surface area contributed by atoms with Gasteiger partial charge in [-0.1, -0.05) is 42.2 Å². The number of nitrogens with zero attached hydrogens (tertiary/aromatic N) is 4. The summed E-state index contributed by atoms with van der Waals surface area (Å²) in [5.41, 5.74) is 2.66. The van der Waals surface area contributed by atoms with Gasteiger partial charge in [0, 0.05) is 11.1 Å². The summed E-state index contributed by atoms with van der Waals surface area (Å²) in [6, 6.07) is 17.0. The number of benzene rings is 2. The summed E-state index contributed by atoms with van der Waals surface area (Å²) >= 11 is 0. The number of alkyl carbamates (subject to hydrolysis) is 1. The zero-order valence-electron chi connectivity index (χ0n) is 14.0. The molecule has 1 aromatic heterocycles. The molecule has 1 fully saturated rings. The Morgan fingerprint density at radius 3 is 2.62 bits per heavy atom. The monoisotopic (exact) mass is 345 g/mol. The predicted molar refractivity (Wildman–Crippen MR) is 92.8 cm³/mol. The van der Waals surface area contributed by atoms with Gasteiger partial charge in [-0.3, -0.25) is 0 Å². The summed E-state index contributed by atoms with van der Waals surface area (Å²) in [6.45, 7) is 0. The highest BCUT2D eigenvalue weighted by atomic mass is 16.6. The zero-order chi connectivity index (χ0) is 17.9. The van der Waals surface area contributed by atoms with E-state index in [-0.39, 0.29) is 0 Å². The van der Waals surface area contributed by atoms with Crippen molar-refractivity contribution in [2.45, 2.75) is 12.1 Å². The number of tetrazole rings is 1. The lowest BCUT2D eigenvalue weighted by Crippen LogP contribution is -2.20. The summed E-state index contributed by atoms with van der Waals surface area (Å²) in [4.78, 5) is 13.1. The fourth-order valence-corrected chi connectivity index (χ4v) is 2.77. The highest BCUT2D eigenvalue weighted by Gasteiger charge is 2.39. The zero-order valence-corrected chi connectivity index (χ0v) is 14.0. The molecule has 7 heteroatoms. The molecule has 0 radical (unpaired) electrons. The number of aryl methyl sites for hydroxylation is 1. The lowest BCUT2D eigenvalue weighted by molar-refractivity contribution is 0.127. The fourth-order valence-electron chi connectivity index (χ4n) is 2.77. The second-order valence-electron chi connectivity index (χ2n) is 5.83. The topological polar surface area (TPSA) is 81.9 Å². The van der Waals surface area contributed by atoms with Gasteiger partial charge in [0.2, 0.25) is 5.82 Å². The third-order valence-corrected chi connectivity index (χ3v) is 3.96. The van der Waals surface area contributed by atoms with Crippen molar-refractivity contribution in [3.8, 4) is 11.8 Å². The lowest BCUT2D eigenvalue weighted by Gasteiger charge is -2.14. The van der Waals surface area contributed by atoms with Crippen LogP contribution in [-0.2, 0) is 11.8 Å². The summed E-state index contributed by atoms with van der Waals surface area (Å²) < 4.78 is 5.33. The van der Waals surface area contributed by atoms with Crippen LogP contribution in [0.2, 0.25) is 0 Å². The molecule has 3 aromatic rings. The summed E-state index contributed by atoms with van der Waals surface area (Å²) in [7, 11) is 1.66. The molecule has 0 bridgehead atoms. The van der Waals surface area contributed by atoms with E-state index in [1.807, 2.05) is 54.6 Å². The average molecular weight is 345 g/mol. The van der Waals surface area contributed by atoms with Gasteiger partial charge in [-0.25, -0.2) is 4.79 Å². The molecule has 128 valence electrons. The number of cyclic esters (lactones) is 1. The predicted octanol–water partition coefficient (Wildman–Crippen LogP) is 2.13. The average Bonchev–Trinajstić information content (AvgIpc) is 3.27. The van der Waals surface area contributed by atoms with Crippen LogP contribution in [0.15, 0.2) is 54.6 Å². The maximum absolute atomic E-state index is 11.8. The minimum Gasteiger partial charge on any atom is -0.435 e. The Balaban J connectivity index is 1.63. The van der Waals surface area contributed by atoms with E-state index in [4.69, 9.17) is 4.74 Å². The van der Waals surface area contributed by atoms with Crippen LogP contribution < -0.4 is 5.32 Å². The standard InChI is InChI=1S/C19H15N5O2/c1-24-22-18(21-23-24)17-16(20-19(25)26-17)15-9-5-8-14(12-15)11-10-13-6-3-2-4-7-13/h2-9,12,16-17H,1H3,(H,20,25)/t16-,17+/m1/s1. The van der Waals surface area contributed by atoms with E-state index in [1.54, 1.807) is 7.05 Å². The number of carbonyl (C=O) groups is 1. The van der Waals surface area contributed by atoms with Gasteiger partial charge in [0.25, 0.3) is 0 Å². The molecule has 0 unspecified atom stereocenters. The summed E-state index contributed by atoms with van der Waals surface area (Å²) in [5.74, 6) is 6.63. The van der Waals surface area contributed by atoms with Gasteiger partial charge in [0.15, 0.2) is 6.10 Å². The van der Waals surface area contributed by atoms with E-state index in [9.17, 15) is 4.79 Å². The van der Waals surface area contributed by atoms with E-state index in [0.29, 0.717) is 5.82 Å². The van der Waals surface area contributed by atoms with E-state index in [2.05, 4.69) is 32.6 Å². The van der Waals surface area contributed by atoms with Crippen LogP contribution in [0.25, 0.3) is 0 Å². The quantitative estimate of drug-likeness (QED) is 0.720. The molecule has 1 saturated heterocycles. The first-order valence-electron chi connectivity index (χ1n) is 8.07. The number of amides is 1. The highest BCUT2D eigenvalue weighted by Crippen LogP contribution is 2.34. The number of carbonyl (C=O) groups excluding carboxylic acids is 1. The van der Waals surface area contributed by atoms with Crippen LogP contribution in [0, 0.1) is 11.8 Å². The van der Waals surface area contributed by atoms with Gasteiger partial charge >= 0.3 is 6.09 Å². The normalized spacial score (nSPS) is 18.6. The molecule has 1 amide bonds. The summed E-state index contributed by atoms with van der Waals surface area (Å²) in [5, 5.41) is 14.7. The smallest absolute Gasteiger partial charge is 0.408 e. The van der Waals surface area contributed by atoms with Crippen LogP contribution in [0.4, 0.5) is 4.79 Å². The number of rotatable bonds is 2. The fraction of sp³-hybridized carbons (Fsp3) is 0.158. The SMILES string of the molecule is Cn1nnc([C@H]2OC(=O)N[C@@H]2c2cccc(C#Cc3ccccc3)c2)n1. The van der Waals surface area contributed by atoms with Crippen LogP contribution in [0.3, 0.4) is 0 Å². The van der Waals surface area contributed by atoms with E-state index >= 15 is 0 Å². The van der Waals surface area contributed by atoms with Gasteiger partial charge in [-0.15, -0.1) is 10.2 Å². The molecular formula is C19H15N5O2. The molecule has 4 rings (SSSR count). The van der Waals surface area contributed by atoms with Crippen LogP contribution >= 0.6 is 0 Å². The minimum absolute atomic E-state index is 0.358. The Labute approximate surface area is 150 Å². The molecule has 0 aliphatic carbocycles. The van der Waals surface area contributed by atoms with Gasteiger partial charge in [-0.2, -0.15) is 4.80 Å². The molecular weight excluding hydrogens is 330 g/mol. The number of ether oxygens (including phenoxy) is 1. The Morgan fingerprint density at radius 2 is 1.85 bits per heavy atom. The van der Waals surface area contributed by atoms with E-state index < -0.39 is 18.2 Å². The van der Waals surface area contributed by atoms with Crippen LogP contribution in [-0.4, -0.2) is 26.3 Å². The Hall–Kier alpha value is -3.66. The van der Waals surface area contributed by atoms with Crippen molar-refractivity contribution in [2.24, 2.45) is 7.05 Å². The van der Waals surface area contributed by atoms with Crippen molar-refractivity contribution in [2.75, 3.05) is 0 Å². The molecule has 1 N–H and O–H groups in total. The minimum atomic E-state index is -0.631. The largest absolute Gasteiger partial charge is 0.435 e. The van der Waals surface area contributed by atoms with Gasteiger partial charge in [-0.05, 0) is 35.0 Å². The Morgan fingerprint density at radius 1 is 1.08 bits per heavy atom. The third-order valence-electron chi connectivity index (χ3n) is 3.96. The van der Waals surface area contributed by atoms with Crippen molar-refractivity contribution in [1.82, 2.24) is 25.5 Å². The molecule has 1 aliphatic heterocycles. The van der Waals surface area contributed by atoms with Gasteiger partial charge in [0.05, 0.1) is 7.05 Å². The summed E-state index contributed by atoms with van der Waals surface area (Å²) in [6.07, 6.45) is -1.14. The maximum Gasteiger partial charge on any atom is 0.408 e. The van der Waals surface area contributed by atoms with E-state index in [0.717, 1.165) is 16.7 Å². The van der Waals surface area contributed by atoms with Crippen molar-refractivity contribution in [3.05, 3.63) is 77.1 Å². The maximum atomic E-state index is 11.8. The Kier molecular flexibility index (Phi) is 4.07. The molecule has 0 spiro atoms. The number of hydrogen-bond acceptors (Lipinski definition) is 5. The number of hydrogen-bond donors (Lipinski definition) is 1. The van der Waals surface area contributed by atoms with Crippen molar-refractivity contribution >= 4 is 6.09 Å². The lowest BCUT2D eigenvalue weighted by atomic mass is 9.99. The van der Waals surface area contributed by atoms with Crippen molar-refractivity contribution in [1.29, 1.82) is 0 Å². The first-order valence-corrected chi connectivity index (χ1v) is 8.07. The Bertz CT molecular complexity index is 1000. The molecule has 2 atom stereocenters. The van der Waals surface area contributed by atoms with E-state index in [1.165, 1.54) is 4.80 Å². The second kappa shape index (κ2) is 6.69. The number of nitrogens with one attached hydrogen (secondary N) is 1. The van der Waals surface area contributed by atoms with Gasteiger partial charge in [0.1, 0.15) is 6.04 Å². The molecule has 2 heterocycles. The molecule has 2 aromatic carbocycles. The first-order chi connectivity index (χ1) is 12.7. The molecule has 26 heavy (non-hydrogen) atoms.